The second-order valence-electron chi connectivity index (χ2n) is 8.13. The van der Waals surface area contributed by atoms with Crippen molar-refractivity contribution in [2.75, 3.05) is 18.5 Å². The maximum Gasteiger partial charge on any atom is 0.411 e. The fourth-order valence-electron chi connectivity index (χ4n) is 3.83. The van der Waals surface area contributed by atoms with Gasteiger partial charge in [0.2, 0.25) is 0 Å². The number of aliphatic hydroxyl groups is 1. The largest absolute Gasteiger partial charge is 0.479 e. The zero-order valence-electron chi connectivity index (χ0n) is 18.3. The van der Waals surface area contributed by atoms with Crippen molar-refractivity contribution in [1.29, 1.82) is 0 Å². The number of anilines is 1. The number of hydrogen-bond acceptors (Lipinski definition) is 6. The molecule has 0 saturated heterocycles. The summed E-state index contributed by atoms with van der Waals surface area (Å²) in [5, 5.41) is 23.2. The molecule has 9 heteroatoms. The van der Waals surface area contributed by atoms with Crippen LogP contribution in [0.2, 0.25) is 0 Å². The number of aromatic nitrogens is 1. The van der Waals surface area contributed by atoms with Crippen LogP contribution in [0, 0.1) is 0 Å². The number of nitrogens with zero attached hydrogens (tertiary/aromatic N) is 1. The number of rotatable bonds is 7. The van der Waals surface area contributed by atoms with Crippen LogP contribution in [0.1, 0.15) is 34.5 Å². The van der Waals surface area contributed by atoms with Gasteiger partial charge < -0.3 is 20.3 Å². The minimum atomic E-state index is -1.84. The summed E-state index contributed by atoms with van der Waals surface area (Å²) in [5.74, 6) is -2.22. The summed E-state index contributed by atoms with van der Waals surface area (Å²) in [5.41, 5.74) is 2.86. The zero-order valence-corrected chi connectivity index (χ0v) is 18.3. The topological polar surface area (TPSA) is 138 Å². The SMILES string of the molecule is CC(CO)(NC(=O)c1ccc(NC(=O)OCC2c3ccccc3-c3ccccc32)cn1)C(=O)O. The summed E-state index contributed by atoms with van der Waals surface area (Å²) in [6.45, 7) is 0.554. The Labute approximate surface area is 195 Å². The number of nitrogens with one attached hydrogen (secondary N) is 2. The van der Waals surface area contributed by atoms with Gasteiger partial charge in [0.05, 0.1) is 18.5 Å². The van der Waals surface area contributed by atoms with Crippen LogP contribution in [-0.2, 0) is 9.53 Å². The molecule has 1 unspecified atom stereocenters. The van der Waals surface area contributed by atoms with E-state index in [1.807, 2.05) is 36.4 Å². The Morgan fingerprint density at radius 2 is 1.62 bits per heavy atom. The Hall–Kier alpha value is -4.24. The van der Waals surface area contributed by atoms with Crippen molar-refractivity contribution in [3.05, 3.63) is 83.7 Å². The fraction of sp³-hybridized carbons (Fsp3) is 0.200. The molecule has 0 spiro atoms. The first-order chi connectivity index (χ1) is 16.3. The van der Waals surface area contributed by atoms with Crippen LogP contribution in [-0.4, -0.2) is 51.9 Å². The van der Waals surface area contributed by atoms with Crippen LogP contribution in [0.15, 0.2) is 66.9 Å². The molecule has 4 rings (SSSR count). The second-order valence-corrected chi connectivity index (χ2v) is 8.13. The van der Waals surface area contributed by atoms with Gasteiger partial charge in [0.25, 0.3) is 5.91 Å². The van der Waals surface area contributed by atoms with E-state index in [1.54, 1.807) is 0 Å². The summed E-state index contributed by atoms with van der Waals surface area (Å²) in [7, 11) is 0. The highest BCUT2D eigenvalue weighted by molar-refractivity contribution is 5.96. The monoisotopic (exact) mass is 461 g/mol. The lowest BCUT2D eigenvalue weighted by molar-refractivity contribution is -0.145. The van der Waals surface area contributed by atoms with Gasteiger partial charge in [-0.05, 0) is 41.3 Å². The molecule has 1 aliphatic rings. The Kier molecular flexibility index (Phi) is 6.29. The summed E-state index contributed by atoms with van der Waals surface area (Å²) >= 11 is 0. The van der Waals surface area contributed by atoms with Gasteiger partial charge in [0, 0.05) is 5.92 Å². The number of aliphatic carboxylic acids is 1. The highest BCUT2D eigenvalue weighted by atomic mass is 16.5. The van der Waals surface area contributed by atoms with Crippen LogP contribution in [0.5, 0.6) is 0 Å². The lowest BCUT2D eigenvalue weighted by Gasteiger charge is -2.23. The number of hydrogen-bond donors (Lipinski definition) is 4. The normalized spacial score (nSPS) is 13.8. The zero-order chi connectivity index (χ0) is 24.3. The van der Waals surface area contributed by atoms with Crippen molar-refractivity contribution in [3.63, 3.8) is 0 Å². The van der Waals surface area contributed by atoms with Gasteiger partial charge in [-0.2, -0.15) is 0 Å². The van der Waals surface area contributed by atoms with Crippen molar-refractivity contribution in [2.24, 2.45) is 0 Å². The number of benzene rings is 2. The van der Waals surface area contributed by atoms with Crippen molar-refractivity contribution in [3.8, 4) is 11.1 Å². The van der Waals surface area contributed by atoms with E-state index in [2.05, 4.69) is 27.8 Å². The number of carboxylic acid groups (broad SMARTS) is 1. The predicted molar refractivity (Wildman–Crippen MR) is 124 cm³/mol. The summed E-state index contributed by atoms with van der Waals surface area (Å²) < 4.78 is 5.48. The third-order valence-corrected chi connectivity index (χ3v) is 5.76. The number of aliphatic hydroxyl groups excluding tert-OH is 1. The summed E-state index contributed by atoms with van der Waals surface area (Å²) in [6, 6.07) is 18.8. The van der Waals surface area contributed by atoms with Crippen LogP contribution in [0.4, 0.5) is 10.5 Å². The maximum atomic E-state index is 12.4. The number of ether oxygens (including phenoxy) is 1. The highest BCUT2D eigenvalue weighted by Crippen LogP contribution is 2.44. The molecule has 34 heavy (non-hydrogen) atoms. The molecule has 9 nitrogen and oxygen atoms in total. The van der Waals surface area contributed by atoms with Crippen LogP contribution in [0.3, 0.4) is 0 Å². The van der Waals surface area contributed by atoms with E-state index in [-0.39, 0.29) is 18.2 Å². The molecule has 174 valence electrons. The molecular formula is C25H23N3O6. The quantitative estimate of drug-likeness (QED) is 0.424. The lowest BCUT2D eigenvalue weighted by atomic mass is 9.98. The Morgan fingerprint density at radius 3 is 2.15 bits per heavy atom. The maximum absolute atomic E-state index is 12.4. The third-order valence-electron chi connectivity index (χ3n) is 5.76. The highest BCUT2D eigenvalue weighted by Gasteiger charge is 2.34. The van der Waals surface area contributed by atoms with Crippen LogP contribution >= 0.6 is 0 Å². The van der Waals surface area contributed by atoms with Gasteiger partial charge in [-0.3, -0.25) is 10.1 Å². The van der Waals surface area contributed by atoms with Gasteiger partial charge in [0.15, 0.2) is 5.54 Å². The van der Waals surface area contributed by atoms with Gasteiger partial charge in [0.1, 0.15) is 12.3 Å². The number of carbonyl (C=O) groups is 3. The van der Waals surface area contributed by atoms with Gasteiger partial charge in [-0.25, -0.2) is 14.6 Å². The molecular weight excluding hydrogens is 438 g/mol. The molecule has 0 aliphatic heterocycles. The number of amides is 2. The van der Waals surface area contributed by atoms with E-state index in [9.17, 15) is 19.5 Å². The number of carbonyl (C=O) groups excluding carboxylic acids is 2. The van der Waals surface area contributed by atoms with E-state index in [0.29, 0.717) is 5.69 Å². The molecule has 2 aromatic carbocycles. The van der Waals surface area contributed by atoms with Crippen molar-refractivity contribution in [1.82, 2.24) is 10.3 Å². The molecule has 3 aromatic rings. The van der Waals surface area contributed by atoms with E-state index in [1.165, 1.54) is 25.3 Å². The molecule has 0 fully saturated rings. The van der Waals surface area contributed by atoms with Gasteiger partial charge >= 0.3 is 12.1 Å². The summed E-state index contributed by atoms with van der Waals surface area (Å²) in [6.07, 6.45) is 0.590. The predicted octanol–water partition coefficient (Wildman–Crippen LogP) is 3.01. The van der Waals surface area contributed by atoms with E-state index in [4.69, 9.17) is 9.84 Å². The van der Waals surface area contributed by atoms with Crippen molar-refractivity contribution < 1.29 is 29.3 Å². The molecule has 1 atom stereocenters. The van der Waals surface area contributed by atoms with Gasteiger partial charge in [-0.15, -0.1) is 0 Å². The molecule has 2 amide bonds. The Bertz CT molecular complexity index is 1200. The van der Waals surface area contributed by atoms with Crippen molar-refractivity contribution in [2.45, 2.75) is 18.4 Å². The van der Waals surface area contributed by atoms with E-state index >= 15 is 0 Å². The van der Waals surface area contributed by atoms with Crippen LogP contribution < -0.4 is 10.6 Å². The standard InChI is InChI=1S/C25H23N3O6/c1-25(14-29,23(31)32)28-22(30)21-11-10-15(12-26-21)27-24(33)34-13-20-18-8-4-2-6-16(18)17-7-3-5-9-19(17)20/h2-12,20,29H,13-14H2,1H3,(H,27,33)(H,28,30)(H,31,32). The van der Waals surface area contributed by atoms with E-state index in [0.717, 1.165) is 22.3 Å². The molecule has 1 heterocycles. The minimum absolute atomic E-state index is 0.0704. The number of pyridine rings is 1. The molecule has 0 bridgehead atoms. The summed E-state index contributed by atoms with van der Waals surface area (Å²) in [4.78, 5) is 39.8. The molecule has 1 aliphatic carbocycles. The fourth-order valence-corrected chi connectivity index (χ4v) is 3.83. The number of carboxylic acids is 1. The molecule has 0 saturated carbocycles. The average molecular weight is 461 g/mol. The smallest absolute Gasteiger partial charge is 0.411 e. The van der Waals surface area contributed by atoms with E-state index < -0.39 is 30.1 Å². The van der Waals surface area contributed by atoms with Crippen LogP contribution in [0.25, 0.3) is 11.1 Å². The number of fused-ring (bicyclic) bond motifs is 3. The van der Waals surface area contributed by atoms with Gasteiger partial charge in [-0.1, -0.05) is 48.5 Å². The third kappa shape index (κ3) is 4.46. The Morgan fingerprint density at radius 1 is 1.00 bits per heavy atom. The first kappa shape index (κ1) is 22.9. The first-order valence-corrected chi connectivity index (χ1v) is 10.6. The van der Waals surface area contributed by atoms with Crippen molar-refractivity contribution >= 4 is 23.7 Å². The minimum Gasteiger partial charge on any atom is -0.479 e. The average Bonchev–Trinajstić information content (AvgIpc) is 3.16. The Balaban J connectivity index is 1.37. The second kappa shape index (κ2) is 9.32. The molecule has 1 aromatic heterocycles. The first-order valence-electron chi connectivity index (χ1n) is 10.6. The lowest BCUT2D eigenvalue weighted by Crippen LogP contribution is -2.55. The molecule has 4 N–H and O–H groups in total. The molecule has 0 radical (unpaired) electrons.